The SMILES string of the molecule is CC(CCS(=O)(=O)c1ncccn1)NC(=O)OC(C)(C)C. The van der Waals surface area contributed by atoms with Crippen molar-refractivity contribution in [2.24, 2.45) is 0 Å². The van der Waals surface area contributed by atoms with Crippen LogP contribution < -0.4 is 5.32 Å². The molecule has 0 aliphatic carbocycles. The van der Waals surface area contributed by atoms with Gasteiger partial charge in [0.2, 0.25) is 15.0 Å². The van der Waals surface area contributed by atoms with E-state index in [2.05, 4.69) is 15.3 Å². The first-order valence-electron chi connectivity index (χ1n) is 6.59. The molecule has 21 heavy (non-hydrogen) atoms. The maximum absolute atomic E-state index is 12.0. The molecule has 0 saturated carbocycles. The summed E-state index contributed by atoms with van der Waals surface area (Å²) >= 11 is 0. The molecule has 0 spiro atoms. The number of alkyl carbamates (subject to hydrolysis) is 1. The summed E-state index contributed by atoms with van der Waals surface area (Å²) < 4.78 is 29.1. The Kier molecular flexibility index (Phi) is 5.65. The highest BCUT2D eigenvalue weighted by atomic mass is 32.2. The molecule has 8 heteroatoms. The zero-order valence-corrected chi connectivity index (χ0v) is 13.5. The molecule has 0 saturated heterocycles. The molecule has 1 heterocycles. The minimum Gasteiger partial charge on any atom is -0.444 e. The van der Waals surface area contributed by atoms with Crippen molar-refractivity contribution in [3.05, 3.63) is 18.5 Å². The number of hydrogen-bond donors (Lipinski definition) is 1. The molecule has 0 aliphatic heterocycles. The van der Waals surface area contributed by atoms with Crippen molar-refractivity contribution in [1.82, 2.24) is 15.3 Å². The highest BCUT2D eigenvalue weighted by Crippen LogP contribution is 2.09. The van der Waals surface area contributed by atoms with Gasteiger partial charge in [-0.05, 0) is 40.2 Å². The average Bonchev–Trinajstić information content (AvgIpc) is 2.35. The van der Waals surface area contributed by atoms with Crippen LogP contribution in [0.5, 0.6) is 0 Å². The number of carbonyl (C=O) groups is 1. The Labute approximate surface area is 125 Å². The molecule has 1 unspecified atom stereocenters. The lowest BCUT2D eigenvalue weighted by molar-refractivity contribution is 0.0507. The largest absolute Gasteiger partial charge is 0.444 e. The topological polar surface area (TPSA) is 98.3 Å². The van der Waals surface area contributed by atoms with Crippen LogP contribution in [0.25, 0.3) is 0 Å². The third-order valence-electron chi connectivity index (χ3n) is 2.40. The highest BCUT2D eigenvalue weighted by molar-refractivity contribution is 7.91. The Morgan fingerprint density at radius 1 is 1.33 bits per heavy atom. The smallest absolute Gasteiger partial charge is 0.407 e. The molecular formula is C13H21N3O4S. The Morgan fingerprint density at radius 2 is 1.90 bits per heavy atom. The Hall–Kier alpha value is -1.70. The van der Waals surface area contributed by atoms with E-state index in [1.807, 2.05) is 0 Å². The Bertz CT molecular complexity index is 567. The van der Waals surface area contributed by atoms with E-state index in [4.69, 9.17) is 4.74 Å². The summed E-state index contributed by atoms with van der Waals surface area (Å²) in [6, 6.07) is 1.21. The zero-order valence-electron chi connectivity index (χ0n) is 12.7. The van der Waals surface area contributed by atoms with Crippen LogP contribution in [0.1, 0.15) is 34.1 Å². The van der Waals surface area contributed by atoms with E-state index in [0.29, 0.717) is 0 Å². The molecule has 0 bridgehead atoms. The van der Waals surface area contributed by atoms with Crippen LogP contribution in [0.4, 0.5) is 4.79 Å². The molecule has 0 fully saturated rings. The molecule has 1 rings (SSSR count). The van der Waals surface area contributed by atoms with E-state index in [1.54, 1.807) is 33.8 Å². The quantitative estimate of drug-likeness (QED) is 0.828. The van der Waals surface area contributed by atoms with Crippen LogP contribution in [-0.2, 0) is 14.6 Å². The third kappa shape index (κ3) is 6.52. The molecule has 7 nitrogen and oxygen atoms in total. The summed E-state index contributed by atoms with van der Waals surface area (Å²) in [6.07, 6.45) is 2.44. The van der Waals surface area contributed by atoms with Gasteiger partial charge in [-0.15, -0.1) is 0 Å². The van der Waals surface area contributed by atoms with Crippen molar-refractivity contribution in [1.29, 1.82) is 0 Å². The van der Waals surface area contributed by atoms with Gasteiger partial charge in [-0.25, -0.2) is 23.2 Å². The van der Waals surface area contributed by atoms with Crippen molar-refractivity contribution in [3.8, 4) is 0 Å². The Morgan fingerprint density at radius 3 is 2.43 bits per heavy atom. The molecule has 0 radical (unpaired) electrons. The molecule has 1 atom stereocenters. The fourth-order valence-corrected chi connectivity index (χ4v) is 2.74. The molecule has 1 N–H and O–H groups in total. The van der Waals surface area contributed by atoms with Gasteiger partial charge in [0.15, 0.2) is 0 Å². The van der Waals surface area contributed by atoms with Crippen LogP contribution in [0.2, 0.25) is 0 Å². The summed E-state index contributed by atoms with van der Waals surface area (Å²) in [5.74, 6) is -0.145. The minimum atomic E-state index is -3.54. The normalized spacial score (nSPS) is 13.5. The number of ether oxygens (including phenoxy) is 1. The van der Waals surface area contributed by atoms with Gasteiger partial charge in [0, 0.05) is 18.4 Å². The van der Waals surface area contributed by atoms with E-state index < -0.39 is 21.5 Å². The molecular weight excluding hydrogens is 294 g/mol. The predicted molar refractivity (Wildman–Crippen MR) is 77.5 cm³/mol. The fourth-order valence-electron chi connectivity index (χ4n) is 1.45. The fraction of sp³-hybridized carbons (Fsp3) is 0.615. The van der Waals surface area contributed by atoms with Gasteiger partial charge < -0.3 is 10.1 Å². The second-order valence-electron chi connectivity index (χ2n) is 5.69. The van der Waals surface area contributed by atoms with E-state index in [1.165, 1.54) is 12.4 Å². The number of sulfone groups is 1. The van der Waals surface area contributed by atoms with Crippen molar-refractivity contribution < 1.29 is 17.9 Å². The molecule has 1 aromatic heterocycles. The lowest BCUT2D eigenvalue weighted by Crippen LogP contribution is -2.38. The minimum absolute atomic E-state index is 0.145. The first-order chi connectivity index (χ1) is 9.60. The van der Waals surface area contributed by atoms with Gasteiger partial charge in [-0.1, -0.05) is 0 Å². The van der Waals surface area contributed by atoms with Gasteiger partial charge >= 0.3 is 6.09 Å². The van der Waals surface area contributed by atoms with E-state index >= 15 is 0 Å². The van der Waals surface area contributed by atoms with E-state index in [0.717, 1.165) is 0 Å². The van der Waals surface area contributed by atoms with Crippen molar-refractivity contribution in [2.75, 3.05) is 5.75 Å². The van der Waals surface area contributed by atoms with Gasteiger partial charge in [-0.2, -0.15) is 0 Å². The van der Waals surface area contributed by atoms with Gasteiger partial charge in [0.25, 0.3) is 0 Å². The van der Waals surface area contributed by atoms with Crippen molar-refractivity contribution in [2.45, 2.75) is 50.9 Å². The number of aromatic nitrogens is 2. The van der Waals surface area contributed by atoms with Gasteiger partial charge in [0.1, 0.15) is 5.60 Å². The van der Waals surface area contributed by atoms with Crippen LogP contribution in [0.15, 0.2) is 23.6 Å². The highest BCUT2D eigenvalue weighted by Gasteiger charge is 2.21. The monoisotopic (exact) mass is 315 g/mol. The van der Waals surface area contributed by atoms with Crippen LogP contribution >= 0.6 is 0 Å². The van der Waals surface area contributed by atoms with Crippen molar-refractivity contribution in [3.63, 3.8) is 0 Å². The molecule has 118 valence electrons. The molecule has 0 aromatic carbocycles. The lowest BCUT2D eigenvalue weighted by Gasteiger charge is -2.21. The first-order valence-corrected chi connectivity index (χ1v) is 8.25. The van der Waals surface area contributed by atoms with Crippen LogP contribution in [0.3, 0.4) is 0 Å². The first kappa shape index (κ1) is 17.4. The lowest BCUT2D eigenvalue weighted by atomic mass is 10.2. The van der Waals surface area contributed by atoms with E-state index in [-0.39, 0.29) is 23.4 Å². The maximum atomic E-state index is 12.0. The molecule has 0 aliphatic rings. The summed E-state index contributed by atoms with van der Waals surface area (Å²) in [4.78, 5) is 19.0. The number of hydrogen-bond acceptors (Lipinski definition) is 6. The van der Waals surface area contributed by atoms with Crippen LogP contribution in [0, 0.1) is 0 Å². The number of amides is 1. The summed E-state index contributed by atoms with van der Waals surface area (Å²) in [6.45, 7) is 6.99. The third-order valence-corrected chi connectivity index (χ3v) is 3.94. The number of carbonyl (C=O) groups excluding carboxylic acids is 1. The standard InChI is InChI=1S/C13H21N3O4S/c1-10(16-12(17)20-13(2,3)4)6-9-21(18,19)11-14-7-5-8-15-11/h5,7-8,10H,6,9H2,1-4H3,(H,16,17). The van der Waals surface area contributed by atoms with Crippen LogP contribution in [-0.4, -0.2) is 41.9 Å². The average molecular weight is 315 g/mol. The zero-order chi connectivity index (χ0) is 16.1. The maximum Gasteiger partial charge on any atom is 0.407 e. The number of rotatable bonds is 5. The summed E-state index contributed by atoms with van der Waals surface area (Å²) in [7, 11) is -3.54. The molecule has 1 aromatic rings. The van der Waals surface area contributed by atoms with E-state index in [9.17, 15) is 13.2 Å². The van der Waals surface area contributed by atoms with Crippen molar-refractivity contribution >= 4 is 15.9 Å². The van der Waals surface area contributed by atoms with Gasteiger partial charge in [-0.3, -0.25) is 0 Å². The second-order valence-corrected chi connectivity index (χ2v) is 7.69. The molecule has 1 amide bonds. The summed E-state index contributed by atoms with van der Waals surface area (Å²) in [5, 5.41) is 2.39. The Balaban J connectivity index is 2.50. The second kappa shape index (κ2) is 6.84. The predicted octanol–water partition coefficient (Wildman–Crippen LogP) is 1.55. The van der Waals surface area contributed by atoms with Gasteiger partial charge in [0.05, 0.1) is 5.75 Å². The number of nitrogens with zero attached hydrogens (tertiary/aromatic N) is 2. The number of nitrogens with one attached hydrogen (secondary N) is 1. The summed E-state index contributed by atoms with van der Waals surface area (Å²) in [5.41, 5.74) is -0.590.